The Labute approximate surface area is 196 Å². The molecule has 1 N–H and O–H groups in total. The van der Waals surface area contributed by atoms with Crippen LogP contribution in [0, 0.1) is 18.8 Å². The molecule has 1 aliphatic heterocycles. The van der Waals surface area contributed by atoms with E-state index in [1.807, 2.05) is 6.92 Å². The number of nitrogens with zero attached hydrogens (tertiary/aromatic N) is 1. The minimum Gasteiger partial charge on any atom is -0.322 e. The second-order valence-corrected chi connectivity index (χ2v) is 10.4. The number of nitrogens with one attached hydrogen (secondary N) is 1. The van der Waals surface area contributed by atoms with Crippen LogP contribution in [0.1, 0.15) is 28.8 Å². The molecule has 8 heteroatoms. The number of hydrogen-bond acceptors (Lipinski definition) is 3. The molecule has 2 aliphatic rings. The quantitative estimate of drug-likeness (QED) is 0.412. The number of hydrogen-bond donors (Lipinski definition) is 1. The van der Waals surface area contributed by atoms with E-state index >= 15 is 0 Å². The van der Waals surface area contributed by atoms with Crippen LogP contribution in [-0.4, -0.2) is 27.4 Å². The topological polar surface area (TPSA) is 66.5 Å². The molecule has 4 atom stereocenters. The van der Waals surface area contributed by atoms with Crippen LogP contribution < -0.4 is 10.2 Å². The molecular weight excluding hydrogens is 536 g/mol. The fourth-order valence-corrected chi connectivity index (χ4v) is 5.46. The van der Waals surface area contributed by atoms with Crippen LogP contribution in [-0.2, 0) is 9.59 Å². The van der Waals surface area contributed by atoms with Crippen molar-refractivity contribution >= 4 is 72.6 Å². The molecule has 1 saturated heterocycles. The van der Waals surface area contributed by atoms with Gasteiger partial charge in [0.15, 0.2) is 0 Å². The number of fused-ring (bicyclic) bond motifs is 1. The van der Waals surface area contributed by atoms with Gasteiger partial charge in [0.05, 0.1) is 17.5 Å². The largest absolute Gasteiger partial charge is 0.322 e. The van der Waals surface area contributed by atoms with Gasteiger partial charge in [-0.2, -0.15) is 0 Å². The van der Waals surface area contributed by atoms with Gasteiger partial charge in [-0.1, -0.05) is 49.5 Å². The molecule has 30 heavy (non-hydrogen) atoms. The molecule has 1 saturated carbocycles. The van der Waals surface area contributed by atoms with E-state index in [0.717, 1.165) is 5.56 Å². The number of imide groups is 1. The van der Waals surface area contributed by atoms with Gasteiger partial charge in [0.25, 0.3) is 5.91 Å². The highest BCUT2D eigenvalue weighted by Crippen LogP contribution is 2.44. The van der Waals surface area contributed by atoms with Crippen molar-refractivity contribution in [1.82, 2.24) is 0 Å². The normalized spacial score (nSPS) is 25.9. The summed E-state index contributed by atoms with van der Waals surface area (Å²) < 4.78 is 0. The fraction of sp³-hybridized carbons (Fsp3) is 0.318. The Morgan fingerprint density at radius 3 is 2.13 bits per heavy atom. The van der Waals surface area contributed by atoms with Crippen molar-refractivity contribution in [2.24, 2.45) is 11.8 Å². The van der Waals surface area contributed by atoms with E-state index in [4.69, 9.17) is 11.6 Å². The third-order valence-electron chi connectivity index (χ3n) is 5.82. The van der Waals surface area contributed by atoms with Gasteiger partial charge in [0.1, 0.15) is 0 Å². The van der Waals surface area contributed by atoms with Gasteiger partial charge in [0, 0.05) is 25.9 Å². The summed E-state index contributed by atoms with van der Waals surface area (Å²) in [6.45, 7) is 1.83. The zero-order valence-corrected chi connectivity index (χ0v) is 20.0. The second kappa shape index (κ2) is 8.44. The maximum Gasteiger partial charge on any atom is 0.255 e. The van der Waals surface area contributed by atoms with Crippen molar-refractivity contribution in [1.29, 1.82) is 0 Å². The van der Waals surface area contributed by atoms with Crippen molar-refractivity contribution in [3.05, 3.63) is 58.6 Å². The lowest BCUT2D eigenvalue weighted by Gasteiger charge is -2.29. The first-order valence-electron chi connectivity index (χ1n) is 9.60. The Morgan fingerprint density at radius 1 is 1.00 bits per heavy atom. The van der Waals surface area contributed by atoms with Crippen molar-refractivity contribution < 1.29 is 14.4 Å². The number of carbonyl (C=O) groups excluding carboxylic acids is 3. The summed E-state index contributed by atoms with van der Waals surface area (Å²) in [7, 11) is 0. The number of benzene rings is 2. The van der Waals surface area contributed by atoms with E-state index in [2.05, 4.69) is 37.2 Å². The van der Waals surface area contributed by atoms with E-state index in [0.29, 0.717) is 34.8 Å². The van der Waals surface area contributed by atoms with E-state index in [1.165, 1.54) is 4.90 Å². The van der Waals surface area contributed by atoms with Crippen molar-refractivity contribution in [2.75, 3.05) is 10.2 Å². The van der Waals surface area contributed by atoms with Gasteiger partial charge in [-0.3, -0.25) is 19.3 Å². The first-order valence-corrected chi connectivity index (χ1v) is 11.8. The second-order valence-electron chi connectivity index (χ2n) is 7.64. The standard InChI is InChI=1S/C22H19Br2ClN2O3/c1-11-18(25)3-2-4-19(11)26-20(28)12-5-7-13(8-6-12)27-21(29)14-9-16(23)17(24)10-15(14)22(27)30/h2-8,14-17H,9-10H2,1H3,(H,26,28)/t14-,15-,16-,17+/m1/s1. The SMILES string of the molecule is Cc1c(Cl)cccc1NC(=O)c1ccc(N2C(=O)[C@@H]3C[C@@H](Br)[C@@H](Br)C[C@H]3C2=O)cc1. The molecular formula is C22H19Br2ClN2O3. The highest BCUT2D eigenvalue weighted by atomic mass is 79.9. The Morgan fingerprint density at radius 2 is 1.57 bits per heavy atom. The van der Waals surface area contributed by atoms with Gasteiger partial charge >= 0.3 is 0 Å². The monoisotopic (exact) mass is 552 g/mol. The number of halogens is 3. The number of rotatable bonds is 3. The van der Waals surface area contributed by atoms with Crippen molar-refractivity contribution in [3.8, 4) is 0 Å². The summed E-state index contributed by atoms with van der Waals surface area (Å²) in [6, 6.07) is 11.8. The van der Waals surface area contributed by atoms with Crippen LogP contribution in [0.15, 0.2) is 42.5 Å². The zero-order chi connectivity index (χ0) is 21.6. The third kappa shape index (κ3) is 3.83. The van der Waals surface area contributed by atoms with E-state index in [9.17, 15) is 14.4 Å². The summed E-state index contributed by atoms with van der Waals surface area (Å²) in [5.41, 5.74) is 2.34. The van der Waals surface area contributed by atoms with Crippen molar-refractivity contribution in [3.63, 3.8) is 0 Å². The van der Waals surface area contributed by atoms with Crippen molar-refractivity contribution in [2.45, 2.75) is 29.4 Å². The zero-order valence-electron chi connectivity index (χ0n) is 16.1. The van der Waals surface area contributed by atoms with Crippen LogP contribution in [0.3, 0.4) is 0 Å². The molecule has 0 spiro atoms. The highest BCUT2D eigenvalue weighted by Gasteiger charge is 2.52. The number of carbonyl (C=O) groups is 3. The van der Waals surface area contributed by atoms with Gasteiger partial charge in [-0.15, -0.1) is 0 Å². The first-order chi connectivity index (χ1) is 14.3. The van der Waals surface area contributed by atoms with Crippen LogP contribution >= 0.6 is 43.5 Å². The van der Waals surface area contributed by atoms with Gasteiger partial charge in [-0.05, 0) is 61.7 Å². The summed E-state index contributed by atoms with van der Waals surface area (Å²) in [5, 5.41) is 3.42. The molecule has 4 rings (SSSR count). The molecule has 3 amide bonds. The maximum atomic E-state index is 12.9. The molecule has 156 valence electrons. The Hall–Kier alpha value is -1.70. The minimum absolute atomic E-state index is 0.163. The molecule has 2 aromatic carbocycles. The van der Waals surface area contributed by atoms with Crippen LogP contribution in [0.4, 0.5) is 11.4 Å². The first kappa shape index (κ1) is 21.5. The lowest BCUT2D eigenvalue weighted by atomic mass is 9.81. The average molecular weight is 555 g/mol. The Balaban J connectivity index is 1.52. The maximum absolute atomic E-state index is 12.9. The predicted octanol–water partition coefficient (Wildman–Crippen LogP) is 5.33. The molecule has 0 bridgehead atoms. The summed E-state index contributed by atoms with van der Waals surface area (Å²) in [5.74, 6) is -1.22. The van der Waals surface area contributed by atoms with Gasteiger partial charge < -0.3 is 5.32 Å². The van der Waals surface area contributed by atoms with E-state index < -0.39 is 0 Å². The van der Waals surface area contributed by atoms with Gasteiger partial charge in [-0.25, -0.2) is 0 Å². The lowest BCUT2D eigenvalue weighted by molar-refractivity contribution is -0.122. The molecule has 5 nitrogen and oxygen atoms in total. The Bertz CT molecular complexity index is 1000. The molecule has 2 fully saturated rings. The predicted molar refractivity (Wildman–Crippen MR) is 125 cm³/mol. The number of anilines is 2. The van der Waals surface area contributed by atoms with Gasteiger partial charge in [0.2, 0.25) is 11.8 Å². The lowest BCUT2D eigenvalue weighted by Crippen LogP contribution is -2.34. The summed E-state index contributed by atoms with van der Waals surface area (Å²) in [4.78, 5) is 40.0. The molecule has 2 aromatic rings. The highest BCUT2D eigenvalue weighted by molar-refractivity contribution is 9.12. The molecule has 1 aliphatic carbocycles. The fourth-order valence-electron chi connectivity index (χ4n) is 4.05. The van der Waals surface area contributed by atoms with Crippen LogP contribution in [0.5, 0.6) is 0 Å². The molecule has 0 aromatic heterocycles. The number of alkyl halides is 2. The molecule has 0 unspecified atom stereocenters. The smallest absolute Gasteiger partial charge is 0.255 e. The van der Waals surface area contributed by atoms with Crippen LogP contribution in [0.2, 0.25) is 5.02 Å². The molecule has 1 heterocycles. The summed E-state index contributed by atoms with van der Waals surface area (Å²) >= 11 is 13.3. The average Bonchev–Trinajstić information content (AvgIpc) is 2.96. The third-order valence-corrected chi connectivity index (χ3v) is 8.96. The minimum atomic E-state index is -0.301. The molecule has 0 radical (unpaired) electrons. The Kier molecular flexibility index (Phi) is 6.06. The summed E-state index contributed by atoms with van der Waals surface area (Å²) in [6.07, 6.45) is 1.25. The van der Waals surface area contributed by atoms with E-state index in [1.54, 1.807) is 42.5 Å². The van der Waals surface area contributed by atoms with Crippen LogP contribution in [0.25, 0.3) is 0 Å². The van der Waals surface area contributed by atoms with E-state index in [-0.39, 0.29) is 39.2 Å². The number of amides is 3.